The highest BCUT2D eigenvalue weighted by Gasteiger charge is 2.40. The van der Waals surface area contributed by atoms with Gasteiger partial charge in [-0.3, -0.25) is 9.36 Å². The van der Waals surface area contributed by atoms with Gasteiger partial charge in [0.05, 0.1) is 11.1 Å². The van der Waals surface area contributed by atoms with Gasteiger partial charge >= 0.3 is 5.69 Å². The van der Waals surface area contributed by atoms with E-state index in [0.717, 1.165) is 21.0 Å². The summed E-state index contributed by atoms with van der Waals surface area (Å²) in [5.74, 6) is -0.298. The molecule has 3 aromatic rings. The van der Waals surface area contributed by atoms with Crippen molar-refractivity contribution in [3.8, 4) is 5.69 Å². The third-order valence-electron chi connectivity index (χ3n) is 5.77. The van der Waals surface area contributed by atoms with E-state index < -0.39 is 5.41 Å². The molecule has 0 aliphatic carbocycles. The number of aromatic nitrogens is 3. The van der Waals surface area contributed by atoms with Crippen LogP contribution in [0.5, 0.6) is 0 Å². The molecule has 1 aliphatic heterocycles. The van der Waals surface area contributed by atoms with E-state index in [1.165, 1.54) is 4.68 Å². The van der Waals surface area contributed by atoms with E-state index in [0.29, 0.717) is 26.1 Å². The fourth-order valence-electron chi connectivity index (χ4n) is 3.89. The number of rotatable bonds is 6. The molecule has 2 heterocycles. The molecular formula is C23H26N4O3S. The van der Waals surface area contributed by atoms with Crippen molar-refractivity contribution in [3.63, 3.8) is 0 Å². The van der Waals surface area contributed by atoms with Crippen molar-refractivity contribution in [2.24, 2.45) is 5.73 Å². The van der Waals surface area contributed by atoms with E-state index in [1.807, 2.05) is 62.4 Å². The van der Waals surface area contributed by atoms with Crippen LogP contribution in [-0.2, 0) is 14.9 Å². The Morgan fingerprint density at radius 3 is 2.45 bits per heavy atom. The molecule has 0 spiro atoms. The van der Waals surface area contributed by atoms with Crippen LogP contribution in [0.4, 0.5) is 0 Å². The highest BCUT2D eigenvalue weighted by molar-refractivity contribution is 7.99. The quantitative estimate of drug-likeness (QED) is 0.638. The van der Waals surface area contributed by atoms with Gasteiger partial charge < -0.3 is 10.5 Å². The molecule has 0 radical (unpaired) electrons. The van der Waals surface area contributed by atoms with Gasteiger partial charge in [0, 0.05) is 29.0 Å². The van der Waals surface area contributed by atoms with Gasteiger partial charge in [0.15, 0.2) is 0 Å². The predicted octanol–water partition coefficient (Wildman–Crippen LogP) is 3.30. The summed E-state index contributed by atoms with van der Waals surface area (Å²) in [4.78, 5) is 26.8. The van der Waals surface area contributed by atoms with Crippen LogP contribution in [0, 0.1) is 0 Å². The summed E-state index contributed by atoms with van der Waals surface area (Å²) in [6, 6.07) is 15.8. The number of hydrogen-bond donors (Lipinski definition) is 1. The molecule has 1 amide bonds. The molecule has 1 fully saturated rings. The van der Waals surface area contributed by atoms with E-state index in [2.05, 4.69) is 5.10 Å². The Morgan fingerprint density at radius 1 is 1.13 bits per heavy atom. The highest BCUT2D eigenvalue weighted by atomic mass is 32.2. The van der Waals surface area contributed by atoms with Crippen molar-refractivity contribution in [1.29, 1.82) is 0 Å². The molecule has 31 heavy (non-hydrogen) atoms. The lowest BCUT2D eigenvalue weighted by Gasteiger charge is -2.34. The molecular weight excluding hydrogens is 412 g/mol. The van der Waals surface area contributed by atoms with Gasteiger partial charge in [-0.25, -0.2) is 4.79 Å². The molecule has 0 bridgehead atoms. The minimum Gasteiger partial charge on any atom is -0.381 e. The third-order valence-corrected chi connectivity index (χ3v) is 6.77. The fourth-order valence-corrected chi connectivity index (χ4v) is 4.77. The Morgan fingerprint density at radius 2 is 1.84 bits per heavy atom. The van der Waals surface area contributed by atoms with Crippen molar-refractivity contribution >= 4 is 17.7 Å². The molecule has 0 atom stereocenters. The number of hydrogen-bond acceptors (Lipinski definition) is 5. The molecule has 8 heteroatoms. The fraction of sp³-hybridized carbons (Fsp3) is 0.348. The molecule has 1 aliphatic rings. The number of benzene rings is 2. The zero-order valence-corrected chi connectivity index (χ0v) is 18.5. The van der Waals surface area contributed by atoms with Crippen LogP contribution in [0.15, 0.2) is 69.4 Å². The number of ether oxygens (including phenoxy) is 1. The summed E-state index contributed by atoms with van der Waals surface area (Å²) in [6.07, 6.45) is 2.76. The van der Waals surface area contributed by atoms with Gasteiger partial charge in [-0.1, -0.05) is 23.9 Å². The van der Waals surface area contributed by atoms with Crippen molar-refractivity contribution in [2.75, 3.05) is 13.2 Å². The lowest BCUT2D eigenvalue weighted by Crippen LogP contribution is -2.45. The average Bonchev–Trinajstić information content (AvgIpc) is 3.16. The van der Waals surface area contributed by atoms with Gasteiger partial charge in [-0.15, -0.1) is 0 Å². The first-order valence-electron chi connectivity index (χ1n) is 10.3. The SMILES string of the molecule is CC(C)n1cnn(-c2ccc(Sc3cccc(C4(C(N)=O)CCOCC4)c3)cc2)c1=O. The summed E-state index contributed by atoms with van der Waals surface area (Å²) >= 11 is 1.60. The Kier molecular flexibility index (Phi) is 6.02. The molecule has 2 N–H and O–H groups in total. The first-order valence-corrected chi connectivity index (χ1v) is 11.1. The smallest absolute Gasteiger partial charge is 0.350 e. The summed E-state index contributed by atoms with van der Waals surface area (Å²) in [5, 5.41) is 4.21. The highest BCUT2D eigenvalue weighted by Crippen LogP contribution is 2.37. The van der Waals surface area contributed by atoms with E-state index >= 15 is 0 Å². The van der Waals surface area contributed by atoms with Crippen molar-refractivity contribution in [2.45, 2.75) is 47.9 Å². The van der Waals surface area contributed by atoms with Crippen molar-refractivity contribution < 1.29 is 9.53 Å². The van der Waals surface area contributed by atoms with E-state index in [9.17, 15) is 9.59 Å². The molecule has 1 saturated heterocycles. The van der Waals surface area contributed by atoms with Gasteiger partial charge in [0.25, 0.3) is 0 Å². The zero-order valence-electron chi connectivity index (χ0n) is 17.7. The Hall–Kier alpha value is -2.84. The van der Waals surface area contributed by atoms with Crippen LogP contribution in [-0.4, -0.2) is 33.5 Å². The average molecular weight is 439 g/mol. The normalized spacial score (nSPS) is 15.8. The molecule has 0 saturated carbocycles. The number of carbonyl (C=O) groups excluding carboxylic acids is 1. The lowest BCUT2D eigenvalue weighted by molar-refractivity contribution is -0.127. The van der Waals surface area contributed by atoms with Crippen LogP contribution in [0.25, 0.3) is 5.69 Å². The number of nitrogens with two attached hydrogens (primary N) is 1. The Bertz CT molecular complexity index is 1130. The minimum atomic E-state index is -0.672. The summed E-state index contributed by atoms with van der Waals surface area (Å²) in [6.45, 7) is 4.97. The van der Waals surface area contributed by atoms with Crippen LogP contribution in [0.1, 0.15) is 38.3 Å². The lowest BCUT2D eigenvalue weighted by atomic mass is 9.73. The Balaban J connectivity index is 1.56. The maximum Gasteiger partial charge on any atom is 0.350 e. The van der Waals surface area contributed by atoms with E-state index in [4.69, 9.17) is 10.5 Å². The standard InChI is InChI=1S/C23H26N4O3S/c1-16(2)26-15-25-27(22(26)29)18-6-8-19(9-7-18)31-20-5-3-4-17(14-20)23(21(24)28)10-12-30-13-11-23/h3-9,14-16H,10-13H2,1-2H3,(H2,24,28). The van der Waals surface area contributed by atoms with Crippen LogP contribution in [0.2, 0.25) is 0 Å². The topological polar surface area (TPSA) is 92.1 Å². The van der Waals surface area contributed by atoms with Crippen LogP contribution < -0.4 is 11.4 Å². The summed E-state index contributed by atoms with van der Waals surface area (Å²) < 4.78 is 8.44. The number of primary amides is 1. The monoisotopic (exact) mass is 438 g/mol. The Labute approximate surface area is 185 Å². The van der Waals surface area contributed by atoms with Gasteiger partial charge in [-0.05, 0) is 68.7 Å². The van der Waals surface area contributed by atoms with Crippen molar-refractivity contribution in [3.05, 3.63) is 70.9 Å². The van der Waals surface area contributed by atoms with E-state index in [-0.39, 0.29) is 17.6 Å². The molecule has 2 aromatic carbocycles. The molecule has 162 valence electrons. The summed E-state index contributed by atoms with van der Waals surface area (Å²) in [7, 11) is 0. The van der Waals surface area contributed by atoms with Crippen molar-refractivity contribution in [1.82, 2.24) is 14.3 Å². The molecule has 0 unspecified atom stereocenters. The van der Waals surface area contributed by atoms with Gasteiger partial charge in [0.1, 0.15) is 6.33 Å². The maximum absolute atomic E-state index is 12.5. The zero-order chi connectivity index (χ0) is 22.0. The summed E-state index contributed by atoms with van der Waals surface area (Å²) in [5.41, 5.74) is 6.64. The first-order chi connectivity index (χ1) is 14.9. The van der Waals surface area contributed by atoms with Gasteiger partial charge in [0.2, 0.25) is 5.91 Å². The predicted molar refractivity (Wildman–Crippen MR) is 120 cm³/mol. The second-order valence-electron chi connectivity index (χ2n) is 8.01. The van der Waals surface area contributed by atoms with Gasteiger partial charge in [-0.2, -0.15) is 9.78 Å². The second-order valence-corrected chi connectivity index (χ2v) is 9.16. The minimum absolute atomic E-state index is 0.0581. The number of carbonyl (C=O) groups is 1. The first kappa shape index (κ1) is 21.4. The van der Waals surface area contributed by atoms with Crippen LogP contribution in [0.3, 0.4) is 0 Å². The maximum atomic E-state index is 12.5. The van der Waals surface area contributed by atoms with E-state index in [1.54, 1.807) is 22.7 Å². The number of amides is 1. The largest absolute Gasteiger partial charge is 0.381 e. The molecule has 4 rings (SSSR count). The third kappa shape index (κ3) is 4.18. The molecule has 7 nitrogen and oxygen atoms in total. The van der Waals surface area contributed by atoms with Crippen LogP contribution >= 0.6 is 11.8 Å². The molecule has 1 aromatic heterocycles. The number of nitrogens with zero attached hydrogens (tertiary/aromatic N) is 3. The second kappa shape index (κ2) is 8.72.